The van der Waals surface area contributed by atoms with Crippen molar-refractivity contribution in [3.63, 3.8) is 0 Å². The van der Waals surface area contributed by atoms with E-state index in [1.54, 1.807) is 6.07 Å². The van der Waals surface area contributed by atoms with Crippen molar-refractivity contribution < 1.29 is 14.6 Å². The molecule has 0 aromatic heterocycles. The van der Waals surface area contributed by atoms with Crippen LogP contribution in [0.2, 0.25) is 0 Å². The zero-order chi connectivity index (χ0) is 11.6. The van der Waals surface area contributed by atoms with Gasteiger partial charge in [0.05, 0.1) is 0 Å². The predicted octanol–water partition coefficient (Wildman–Crippen LogP) is 2.92. The lowest BCUT2D eigenvalue weighted by atomic mass is 10.1. The second-order valence-corrected chi connectivity index (χ2v) is 4.25. The van der Waals surface area contributed by atoms with Crippen LogP contribution in [-0.4, -0.2) is 17.2 Å². The van der Waals surface area contributed by atoms with E-state index in [1.807, 2.05) is 19.9 Å². The molecule has 0 radical (unpaired) electrons. The normalized spacial score (nSPS) is 12.3. The molecule has 0 saturated heterocycles. The summed E-state index contributed by atoms with van der Waals surface area (Å²) in [7, 11) is 0. The third kappa shape index (κ3) is 2.72. The van der Waals surface area contributed by atoms with E-state index in [2.05, 4.69) is 15.9 Å². The smallest absolute Gasteiger partial charge is 0.344 e. The second kappa shape index (κ2) is 4.66. The van der Waals surface area contributed by atoms with Crippen molar-refractivity contribution in [2.45, 2.75) is 26.9 Å². The van der Waals surface area contributed by atoms with Crippen LogP contribution in [0, 0.1) is 13.8 Å². The molecule has 15 heavy (non-hydrogen) atoms. The maximum atomic E-state index is 10.6. The minimum absolute atomic E-state index is 0.616. The number of hydrogen-bond acceptors (Lipinski definition) is 2. The first-order chi connectivity index (χ1) is 6.93. The SMILES string of the molecule is Cc1c(Br)ccc(OC(C)C(=O)O)c1C. The summed E-state index contributed by atoms with van der Waals surface area (Å²) in [4.78, 5) is 10.6. The van der Waals surface area contributed by atoms with Gasteiger partial charge in [0, 0.05) is 4.47 Å². The van der Waals surface area contributed by atoms with E-state index in [0.717, 1.165) is 15.6 Å². The number of hydrogen-bond donors (Lipinski definition) is 1. The molecule has 0 aliphatic carbocycles. The Balaban J connectivity index is 2.97. The van der Waals surface area contributed by atoms with Crippen LogP contribution >= 0.6 is 15.9 Å². The van der Waals surface area contributed by atoms with Crippen molar-refractivity contribution in [3.8, 4) is 5.75 Å². The number of benzene rings is 1. The molecule has 1 aromatic rings. The van der Waals surface area contributed by atoms with Crippen LogP contribution in [0.1, 0.15) is 18.1 Å². The average molecular weight is 273 g/mol. The highest BCUT2D eigenvalue weighted by Crippen LogP contribution is 2.28. The molecule has 0 heterocycles. The van der Waals surface area contributed by atoms with Crippen LogP contribution in [0.25, 0.3) is 0 Å². The topological polar surface area (TPSA) is 46.5 Å². The first kappa shape index (κ1) is 12.0. The summed E-state index contributed by atoms with van der Waals surface area (Å²) in [6, 6.07) is 3.62. The van der Waals surface area contributed by atoms with Gasteiger partial charge in [0.1, 0.15) is 5.75 Å². The van der Waals surface area contributed by atoms with Crippen LogP contribution in [0.15, 0.2) is 16.6 Å². The van der Waals surface area contributed by atoms with Crippen LogP contribution in [0.3, 0.4) is 0 Å². The quantitative estimate of drug-likeness (QED) is 0.921. The molecule has 0 fully saturated rings. The largest absolute Gasteiger partial charge is 0.479 e. The molecule has 0 spiro atoms. The number of aliphatic carboxylic acids is 1. The van der Waals surface area contributed by atoms with Gasteiger partial charge < -0.3 is 9.84 Å². The predicted molar refractivity (Wildman–Crippen MR) is 61.3 cm³/mol. The zero-order valence-electron chi connectivity index (χ0n) is 8.87. The van der Waals surface area contributed by atoms with Gasteiger partial charge in [-0.25, -0.2) is 4.79 Å². The van der Waals surface area contributed by atoms with E-state index in [4.69, 9.17) is 9.84 Å². The minimum atomic E-state index is -0.963. The summed E-state index contributed by atoms with van der Waals surface area (Å²) in [5, 5.41) is 8.72. The van der Waals surface area contributed by atoms with Gasteiger partial charge in [0.2, 0.25) is 0 Å². The number of carbonyl (C=O) groups is 1. The minimum Gasteiger partial charge on any atom is -0.479 e. The fourth-order valence-electron chi connectivity index (χ4n) is 1.13. The van der Waals surface area contributed by atoms with E-state index in [1.165, 1.54) is 6.92 Å². The molecule has 1 atom stereocenters. The summed E-state index contributed by atoms with van der Waals surface area (Å²) in [6.45, 7) is 5.38. The van der Waals surface area contributed by atoms with Gasteiger partial charge in [-0.15, -0.1) is 0 Å². The molecule has 3 nitrogen and oxygen atoms in total. The van der Waals surface area contributed by atoms with Gasteiger partial charge >= 0.3 is 5.97 Å². The summed E-state index contributed by atoms with van der Waals surface area (Å²) >= 11 is 3.40. The molecule has 4 heteroatoms. The van der Waals surface area contributed by atoms with Crippen LogP contribution < -0.4 is 4.74 Å². The van der Waals surface area contributed by atoms with Crippen molar-refractivity contribution in [1.29, 1.82) is 0 Å². The van der Waals surface area contributed by atoms with E-state index < -0.39 is 12.1 Å². The summed E-state index contributed by atoms with van der Waals surface area (Å²) in [5.74, 6) is -0.347. The third-order valence-corrected chi connectivity index (χ3v) is 3.18. The van der Waals surface area contributed by atoms with Crippen molar-refractivity contribution >= 4 is 21.9 Å². The molecule has 1 rings (SSSR count). The van der Waals surface area contributed by atoms with Crippen molar-refractivity contribution in [2.75, 3.05) is 0 Å². The van der Waals surface area contributed by atoms with Gasteiger partial charge in [-0.3, -0.25) is 0 Å². The van der Waals surface area contributed by atoms with Crippen molar-refractivity contribution in [1.82, 2.24) is 0 Å². The maximum absolute atomic E-state index is 10.6. The summed E-state index contributed by atoms with van der Waals surface area (Å²) in [5.41, 5.74) is 2.02. The fraction of sp³-hybridized carbons (Fsp3) is 0.364. The molecule has 82 valence electrons. The van der Waals surface area contributed by atoms with Crippen LogP contribution in [-0.2, 0) is 4.79 Å². The Hall–Kier alpha value is -1.03. The van der Waals surface area contributed by atoms with E-state index in [0.29, 0.717) is 5.75 Å². The first-order valence-corrected chi connectivity index (χ1v) is 5.38. The number of ether oxygens (including phenoxy) is 1. The van der Waals surface area contributed by atoms with Gasteiger partial charge in [-0.1, -0.05) is 15.9 Å². The molecule has 0 aliphatic rings. The van der Waals surface area contributed by atoms with Gasteiger partial charge in [-0.2, -0.15) is 0 Å². The Labute approximate surface area is 97.2 Å². The van der Waals surface area contributed by atoms with E-state index >= 15 is 0 Å². The summed E-state index contributed by atoms with van der Waals surface area (Å²) < 4.78 is 6.32. The zero-order valence-corrected chi connectivity index (χ0v) is 10.5. The first-order valence-electron chi connectivity index (χ1n) is 4.58. The van der Waals surface area contributed by atoms with E-state index in [-0.39, 0.29) is 0 Å². The third-order valence-electron chi connectivity index (χ3n) is 2.32. The Kier molecular flexibility index (Phi) is 3.74. The average Bonchev–Trinajstić information content (AvgIpc) is 2.18. The molecular weight excluding hydrogens is 260 g/mol. The molecule has 0 saturated carbocycles. The summed E-state index contributed by atoms with van der Waals surface area (Å²) in [6.07, 6.45) is -0.829. The van der Waals surface area contributed by atoms with Crippen molar-refractivity contribution in [3.05, 3.63) is 27.7 Å². The molecule has 1 unspecified atom stereocenters. The molecule has 1 N–H and O–H groups in total. The monoisotopic (exact) mass is 272 g/mol. The number of carboxylic acids is 1. The lowest BCUT2D eigenvalue weighted by Crippen LogP contribution is -2.23. The molecular formula is C11H13BrO3. The lowest BCUT2D eigenvalue weighted by Gasteiger charge is -2.14. The fourth-order valence-corrected chi connectivity index (χ4v) is 1.56. The van der Waals surface area contributed by atoms with Crippen LogP contribution in [0.5, 0.6) is 5.75 Å². The lowest BCUT2D eigenvalue weighted by molar-refractivity contribution is -0.144. The Morgan fingerprint density at radius 3 is 2.53 bits per heavy atom. The highest BCUT2D eigenvalue weighted by molar-refractivity contribution is 9.10. The Morgan fingerprint density at radius 1 is 1.40 bits per heavy atom. The number of rotatable bonds is 3. The van der Waals surface area contributed by atoms with Gasteiger partial charge in [0.15, 0.2) is 6.10 Å². The molecule has 1 aromatic carbocycles. The number of carboxylic acid groups (broad SMARTS) is 1. The highest BCUT2D eigenvalue weighted by atomic mass is 79.9. The van der Waals surface area contributed by atoms with Crippen LogP contribution in [0.4, 0.5) is 0 Å². The molecule has 0 amide bonds. The number of halogens is 1. The van der Waals surface area contributed by atoms with E-state index in [9.17, 15) is 4.79 Å². The van der Waals surface area contributed by atoms with Gasteiger partial charge in [0.25, 0.3) is 0 Å². The Morgan fingerprint density at radius 2 is 2.00 bits per heavy atom. The molecule has 0 bridgehead atoms. The van der Waals surface area contributed by atoms with Crippen molar-refractivity contribution in [2.24, 2.45) is 0 Å². The standard InChI is InChI=1S/C11H13BrO3/c1-6-7(2)10(5-4-9(6)12)15-8(3)11(13)14/h4-5,8H,1-3H3,(H,13,14). The maximum Gasteiger partial charge on any atom is 0.344 e. The molecule has 0 aliphatic heterocycles. The second-order valence-electron chi connectivity index (χ2n) is 3.39. The van der Waals surface area contributed by atoms with Gasteiger partial charge in [-0.05, 0) is 44.0 Å². The Bertz CT molecular complexity index is 388. The highest BCUT2D eigenvalue weighted by Gasteiger charge is 2.14.